The number of urea groups is 1. The van der Waals surface area contributed by atoms with Gasteiger partial charge in [0.25, 0.3) is 5.91 Å². The predicted octanol–water partition coefficient (Wildman–Crippen LogP) is 5.26. The largest absolute Gasteiger partial charge is 0.480 e. The molecule has 0 radical (unpaired) electrons. The van der Waals surface area contributed by atoms with E-state index in [1.165, 1.54) is 32.4 Å². The Morgan fingerprint density at radius 2 is 1.57 bits per heavy atom. The minimum Gasteiger partial charge on any atom is -0.480 e. The number of anilines is 3. The molecule has 13 nitrogen and oxygen atoms in total. The normalized spacial score (nSPS) is 10.8. The van der Waals surface area contributed by atoms with Gasteiger partial charge in [-0.05, 0) is 55.6 Å². The van der Waals surface area contributed by atoms with E-state index < -0.39 is 41.8 Å². The van der Waals surface area contributed by atoms with Crippen LogP contribution in [0.25, 0.3) is 10.4 Å². The average molecular weight is 656 g/mol. The molecular formula is C30H31F2N7O6S. The Bertz CT molecular complexity index is 1680. The van der Waals surface area contributed by atoms with E-state index in [9.17, 15) is 23.2 Å². The second-order valence-electron chi connectivity index (χ2n) is 9.84. The molecule has 0 saturated heterocycles. The van der Waals surface area contributed by atoms with Crippen LogP contribution in [0.4, 0.5) is 34.9 Å². The minimum atomic E-state index is -0.950. The van der Waals surface area contributed by atoms with Crippen molar-refractivity contribution >= 4 is 45.9 Å². The molecule has 242 valence electrons. The first-order valence-corrected chi connectivity index (χ1v) is 14.4. The Morgan fingerprint density at radius 1 is 0.870 bits per heavy atom. The Kier molecular flexibility index (Phi) is 11.1. The second-order valence-corrected chi connectivity index (χ2v) is 10.8. The zero-order chi connectivity index (χ0) is 33.4. The fourth-order valence-corrected chi connectivity index (χ4v) is 5.68. The number of rotatable bonds is 11. The van der Waals surface area contributed by atoms with Crippen molar-refractivity contribution in [1.29, 1.82) is 0 Å². The molecule has 0 atom stereocenters. The van der Waals surface area contributed by atoms with Crippen molar-refractivity contribution in [2.75, 3.05) is 51.0 Å². The van der Waals surface area contributed by atoms with Gasteiger partial charge in [0.05, 0.1) is 33.4 Å². The van der Waals surface area contributed by atoms with Crippen molar-refractivity contribution < 1.29 is 37.5 Å². The number of halogens is 2. The van der Waals surface area contributed by atoms with Crippen LogP contribution in [0.5, 0.6) is 5.88 Å². The van der Waals surface area contributed by atoms with E-state index in [1.807, 2.05) is 4.90 Å². The van der Waals surface area contributed by atoms with Gasteiger partial charge in [-0.2, -0.15) is 0 Å². The van der Waals surface area contributed by atoms with Crippen LogP contribution in [0.2, 0.25) is 0 Å². The first-order chi connectivity index (χ1) is 22.1. The van der Waals surface area contributed by atoms with E-state index in [0.717, 1.165) is 35.5 Å². The number of thiophene rings is 1. The SMILES string of the molecule is CONC(=O)Nc1ccc(-c2sc(N(Cc3c(F)cccc3F)C(=O)OC)c(C(=O)Nc3ccc(OC)nn3)c2CN(C)C)cc1. The molecule has 46 heavy (non-hydrogen) atoms. The maximum Gasteiger partial charge on any atom is 0.414 e. The number of carbonyl (C=O) groups is 3. The van der Waals surface area contributed by atoms with Crippen LogP contribution in [0.15, 0.2) is 54.6 Å². The predicted molar refractivity (Wildman–Crippen MR) is 168 cm³/mol. The first-order valence-electron chi connectivity index (χ1n) is 13.5. The van der Waals surface area contributed by atoms with Gasteiger partial charge in [-0.15, -0.1) is 21.5 Å². The summed E-state index contributed by atoms with van der Waals surface area (Å²) in [6.07, 6.45) is -0.950. The van der Waals surface area contributed by atoms with E-state index in [-0.39, 0.29) is 28.8 Å². The minimum absolute atomic E-state index is 0.0511. The smallest absolute Gasteiger partial charge is 0.414 e. The van der Waals surface area contributed by atoms with Gasteiger partial charge in [0.2, 0.25) is 5.88 Å². The number of benzene rings is 2. The molecule has 0 bridgehead atoms. The van der Waals surface area contributed by atoms with Crippen LogP contribution >= 0.6 is 11.3 Å². The lowest BCUT2D eigenvalue weighted by Crippen LogP contribution is -2.32. The molecule has 2 heterocycles. The van der Waals surface area contributed by atoms with Crippen LogP contribution in [0, 0.1) is 11.6 Å². The summed E-state index contributed by atoms with van der Waals surface area (Å²) in [5, 5.41) is 13.2. The Morgan fingerprint density at radius 3 is 2.13 bits per heavy atom. The molecule has 0 spiro atoms. The van der Waals surface area contributed by atoms with Gasteiger partial charge in [-0.25, -0.2) is 23.9 Å². The molecular weight excluding hydrogens is 624 g/mol. The van der Waals surface area contributed by atoms with E-state index in [1.54, 1.807) is 38.4 Å². The Hall–Kier alpha value is -5.19. The van der Waals surface area contributed by atoms with E-state index in [2.05, 4.69) is 31.1 Å². The van der Waals surface area contributed by atoms with Gasteiger partial charge in [-0.3, -0.25) is 14.5 Å². The van der Waals surface area contributed by atoms with Crippen molar-refractivity contribution in [2.45, 2.75) is 13.1 Å². The van der Waals surface area contributed by atoms with Crippen molar-refractivity contribution in [2.24, 2.45) is 0 Å². The zero-order valence-corrected chi connectivity index (χ0v) is 26.3. The number of carbonyl (C=O) groups excluding carboxylic acids is 3. The summed E-state index contributed by atoms with van der Waals surface area (Å²) in [4.78, 5) is 47.2. The third-order valence-corrected chi connectivity index (χ3v) is 7.70. The maximum absolute atomic E-state index is 14.8. The number of hydrogen-bond acceptors (Lipinski definition) is 10. The highest BCUT2D eigenvalue weighted by Gasteiger charge is 2.32. The van der Waals surface area contributed by atoms with Gasteiger partial charge in [-0.1, -0.05) is 18.2 Å². The lowest BCUT2D eigenvalue weighted by molar-refractivity contribution is 0.102. The lowest BCUT2D eigenvalue weighted by Gasteiger charge is -2.22. The molecule has 0 aliphatic heterocycles. The molecule has 0 aliphatic carbocycles. The van der Waals surface area contributed by atoms with Crippen molar-refractivity contribution in [1.82, 2.24) is 20.6 Å². The van der Waals surface area contributed by atoms with Gasteiger partial charge in [0.1, 0.15) is 16.6 Å². The summed E-state index contributed by atoms with van der Waals surface area (Å²) in [5.74, 6) is -2.09. The highest BCUT2D eigenvalue weighted by atomic mass is 32.1. The maximum atomic E-state index is 14.8. The summed E-state index contributed by atoms with van der Waals surface area (Å²) >= 11 is 1.05. The second kappa shape index (κ2) is 15.2. The zero-order valence-electron chi connectivity index (χ0n) is 25.5. The number of amides is 4. The van der Waals surface area contributed by atoms with Gasteiger partial charge >= 0.3 is 12.1 Å². The summed E-state index contributed by atoms with van der Waals surface area (Å²) in [5.41, 5.74) is 3.40. The summed E-state index contributed by atoms with van der Waals surface area (Å²) in [6.45, 7) is -0.352. The molecule has 4 rings (SSSR count). The van der Waals surface area contributed by atoms with Crippen molar-refractivity contribution in [3.8, 4) is 16.3 Å². The molecule has 16 heteroatoms. The van der Waals surface area contributed by atoms with Crippen LogP contribution in [0.1, 0.15) is 21.5 Å². The molecule has 0 saturated carbocycles. The van der Waals surface area contributed by atoms with Crippen LogP contribution in [-0.2, 0) is 22.7 Å². The van der Waals surface area contributed by atoms with E-state index in [4.69, 9.17) is 9.47 Å². The topological polar surface area (TPSA) is 147 Å². The third kappa shape index (κ3) is 7.90. The van der Waals surface area contributed by atoms with Gasteiger partial charge in [0, 0.05) is 28.7 Å². The highest BCUT2D eigenvalue weighted by Crippen LogP contribution is 2.44. The number of nitrogens with zero attached hydrogens (tertiary/aromatic N) is 4. The number of methoxy groups -OCH3 is 2. The highest BCUT2D eigenvalue weighted by molar-refractivity contribution is 7.20. The number of ether oxygens (including phenoxy) is 2. The molecule has 2 aromatic carbocycles. The molecule has 3 N–H and O–H groups in total. The van der Waals surface area contributed by atoms with E-state index >= 15 is 0 Å². The number of nitrogens with one attached hydrogen (secondary N) is 3. The first kappa shape index (κ1) is 33.7. The van der Waals surface area contributed by atoms with E-state index in [0.29, 0.717) is 21.7 Å². The summed E-state index contributed by atoms with van der Waals surface area (Å²) in [6, 6.07) is 12.5. The summed E-state index contributed by atoms with van der Waals surface area (Å²) in [7, 11) is 7.45. The standard InChI is InChI=1S/C30H31F2N7O6S/c1-38(2)15-20-25(27(40)34-23-13-14-24(43-3)36-35-23)28(39(30(42)44-4)16-19-21(31)7-6-8-22(19)32)46-26(20)17-9-11-18(12-10-17)33-29(41)37-45-5/h6-14H,15-16H2,1-5H3,(H2,33,37,41)(H,34,35,40). The van der Waals surface area contributed by atoms with Crippen LogP contribution in [0.3, 0.4) is 0 Å². The fraction of sp³-hybridized carbons (Fsp3) is 0.233. The molecule has 0 fully saturated rings. The lowest BCUT2D eigenvalue weighted by atomic mass is 10.0. The van der Waals surface area contributed by atoms with Crippen LogP contribution < -0.4 is 25.8 Å². The molecule has 2 aromatic heterocycles. The van der Waals surface area contributed by atoms with Gasteiger partial charge < -0.3 is 25.0 Å². The monoisotopic (exact) mass is 655 g/mol. The van der Waals surface area contributed by atoms with Gasteiger partial charge in [0.15, 0.2) is 5.82 Å². The Labute approximate surface area is 267 Å². The molecule has 4 aromatic rings. The average Bonchev–Trinajstić information content (AvgIpc) is 3.39. The molecule has 4 amide bonds. The quantitative estimate of drug-likeness (QED) is 0.184. The summed E-state index contributed by atoms with van der Waals surface area (Å²) < 4.78 is 39.7. The molecule has 0 aliphatic rings. The molecule has 0 unspecified atom stereocenters. The third-order valence-electron chi connectivity index (χ3n) is 6.40. The van der Waals surface area contributed by atoms with Crippen molar-refractivity contribution in [3.05, 3.63) is 82.9 Å². The number of hydrogen-bond donors (Lipinski definition) is 3. The number of aromatic nitrogens is 2. The fourth-order valence-electron chi connectivity index (χ4n) is 4.38. The number of hydroxylamine groups is 1. The van der Waals surface area contributed by atoms with Crippen molar-refractivity contribution in [3.63, 3.8) is 0 Å². The Balaban J connectivity index is 1.90. The van der Waals surface area contributed by atoms with Crippen LogP contribution in [-0.4, -0.2) is 68.6 Å².